The number of nitrogens with zero attached hydrogens (tertiary/aromatic N) is 2. The van der Waals surface area contributed by atoms with Gasteiger partial charge in [0.1, 0.15) is 0 Å². The van der Waals surface area contributed by atoms with Crippen LogP contribution in [0.1, 0.15) is 47.5 Å². The van der Waals surface area contributed by atoms with Crippen molar-refractivity contribution in [1.29, 1.82) is 0 Å². The quantitative estimate of drug-likeness (QED) is 0.894. The van der Waals surface area contributed by atoms with Gasteiger partial charge in [0.15, 0.2) is 0 Å². The normalized spacial score (nSPS) is 17.8. The first kappa shape index (κ1) is 17.1. The minimum atomic E-state index is -0.663. The van der Waals surface area contributed by atoms with E-state index in [0.29, 0.717) is 12.8 Å². The Labute approximate surface area is 147 Å². The predicted molar refractivity (Wildman–Crippen MR) is 96.4 cm³/mol. The van der Waals surface area contributed by atoms with Crippen molar-refractivity contribution in [3.63, 3.8) is 0 Å². The molecule has 0 bridgehead atoms. The molecule has 0 spiro atoms. The molecule has 1 fully saturated rings. The summed E-state index contributed by atoms with van der Waals surface area (Å²) in [4.78, 5) is 19.6. The van der Waals surface area contributed by atoms with E-state index in [9.17, 15) is 9.90 Å². The van der Waals surface area contributed by atoms with Crippen LogP contribution in [0.3, 0.4) is 0 Å². The van der Waals surface area contributed by atoms with Crippen molar-refractivity contribution in [1.82, 2.24) is 9.88 Å². The molecule has 3 heterocycles. The second kappa shape index (κ2) is 7.45. The van der Waals surface area contributed by atoms with Gasteiger partial charge in [-0.1, -0.05) is 13.0 Å². The highest BCUT2D eigenvalue weighted by atomic mass is 32.1. The van der Waals surface area contributed by atoms with Crippen molar-refractivity contribution < 1.29 is 9.90 Å². The minimum absolute atomic E-state index is 0.129. The van der Waals surface area contributed by atoms with Crippen molar-refractivity contribution in [2.45, 2.75) is 39.2 Å². The van der Waals surface area contributed by atoms with Crippen LogP contribution in [0.15, 0.2) is 29.8 Å². The maximum Gasteiger partial charge on any atom is 0.306 e. The van der Waals surface area contributed by atoms with Gasteiger partial charge in [-0.05, 0) is 67.9 Å². The molecule has 1 saturated heterocycles. The molecule has 1 aliphatic heterocycles. The second-order valence-electron chi connectivity index (χ2n) is 6.52. The topological polar surface area (TPSA) is 53.4 Å². The van der Waals surface area contributed by atoms with E-state index in [2.05, 4.69) is 42.3 Å². The van der Waals surface area contributed by atoms with E-state index in [1.165, 1.54) is 16.0 Å². The zero-order valence-corrected chi connectivity index (χ0v) is 15.1. The molecular formula is C19H24N2O2S. The number of carboxylic acids is 1. The van der Waals surface area contributed by atoms with Gasteiger partial charge < -0.3 is 5.11 Å². The first-order valence-electron chi connectivity index (χ1n) is 8.55. The number of hydrogen-bond acceptors (Lipinski definition) is 4. The van der Waals surface area contributed by atoms with Crippen LogP contribution in [0.4, 0.5) is 0 Å². The van der Waals surface area contributed by atoms with Crippen LogP contribution >= 0.6 is 11.3 Å². The summed E-state index contributed by atoms with van der Waals surface area (Å²) in [6, 6.07) is 6.64. The molecule has 4 nitrogen and oxygen atoms in total. The standard InChI is InChI=1S/C19H24N2O2S/c1-3-14-4-5-16(20-11-14)18(17-10-13(2)12-24-17)21-8-6-15(7-9-21)19(22)23/h4-5,10-12,15,18H,3,6-9H2,1-2H3,(H,22,23). The fraction of sp³-hybridized carbons (Fsp3) is 0.474. The van der Waals surface area contributed by atoms with E-state index in [4.69, 9.17) is 4.98 Å². The summed E-state index contributed by atoms with van der Waals surface area (Å²) >= 11 is 1.77. The second-order valence-corrected chi connectivity index (χ2v) is 7.47. The molecule has 5 heteroatoms. The number of aryl methyl sites for hydroxylation is 2. The van der Waals surface area contributed by atoms with Crippen LogP contribution < -0.4 is 0 Å². The highest BCUT2D eigenvalue weighted by Gasteiger charge is 2.31. The number of piperidine rings is 1. The Bertz CT molecular complexity index is 688. The molecule has 0 amide bonds. The van der Waals surface area contributed by atoms with Gasteiger partial charge in [-0.25, -0.2) is 0 Å². The molecule has 0 radical (unpaired) electrons. The number of aliphatic carboxylic acids is 1. The van der Waals surface area contributed by atoms with E-state index in [-0.39, 0.29) is 12.0 Å². The molecule has 0 aromatic carbocycles. The van der Waals surface area contributed by atoms with Crippen LogP contribution in [-0.4, -0.2) is 34.0 Å². The van der Waals surface area contributed by atoms with E-state index in [1.54, 1.807) is 11.3 Å². The monoisotopic (exact) mass is 344 g/mol. The largest absolute Gasteiger partial charge is 0.481 e. The first-order chi connectivity index (χ1) is 11.6. The number of hydrogen-bond donors (Lipinski definition) is 1. The van der Waals surface area contributed by atoms with Crippen molar-refractivity contribution in [3.05, 3.63) is 51.5 Å². The smallest absolute Gasteiger partial charge is 0.306 e. The van der Waals surface area contributed by atoms with Gasteiger partial charge in [0.2, 0.25) is 0 Å². The number of aromatic nitrogens is 1. The molecule has 0 aliphatic carbocycles. The highest BCUT2D eigenvalue weighted by molar-refractivity contribution is 7.10. The summed E-state index contributed by atoms with van der Waals surface area (Å²) < 4.78 is 0. The molecule has 1 unspecified atom stereocenters. The first-order valence-corrected chi connectivity index (χ1v) is 9.43. The number of pyridine rings is 1. The van der Waals surface area contributed by atoms with Crippen molar-refractivity contribution >= 4 is 17.3 Å². The van der Waals surface area contributed by atoms with Crippen LogP contribution in [0, 0.1) is 12.8 Å². The fourth-order valence-electron chi connectivity index (χ4n) is 3.32. The molecule has 1 N–H and O–H groups in total. The Hall–Kier alpha value is -1.72. The van der Waals surface area contributed by atoms with Crippen LogP contribution in [-0.2, 0) is 11.2 Å². The Morgan fingerprint density at radius 2 is 2.17 bits per heavy atom. The predicted octanol–water partition coefficient (Wildman–Crippen LogP) is 3.90. The molecule has 24 heavy (non-hydrogen) atoms. The van der Waals surface area contributed by atoms with E-state index < -0.39 is 5.97 Å². The fourth-order valence-corrected chi connectivity index (χ4v) is 4.36. The van der Waals surface area contributed by atoms with Gasteiger partial charge in [-0.2, -0.15) is 0 Å². The third-order valence-electron chi connectivity index (χ3n) is 4.80. The molecule has 3 rings (SSSR count). The van der Waals surface area contributed by atoms with E-state index in [1.807, 2.05) is 6.20 Å². The van der Waals surface area contributed by atoms with Gasteiger partial charge in [0, 0.05) is 11.1 Å². The zero-order chi connectivity index (χ0) is 17.1. The average molecular weight is 344 g/mol. The molecule has 2 aromatic rings. The molecule has 1 atom stereocenters. The lowest BCUT2D eigenvalue weighted by molar-refractivity contribution is -0.143. The van der Waals surface area contributed by atoms with Gasteiger partial charge in [-0.3, -0.25) is 14.7 Å². The number of carbonyl (C=O) groups is 1. The average Bonchev–Trinajstić information content (AvgIpc) is 3.02. The number of likely N-dealkylation sites (tertiary alicyclic amines) is 1. The minimum Gasteiger partial charge on any atom is -0.481 e. The van der Waals surface area contributed by atoms with Crippen LogP contribution in [0.5, 0.6) is 0 Å². The molecule has 2 aromatic heterocycles. The summed E-state index contributed by atoms with van der Waals surface area (Å²) in [6.45, 7) is 5.85. The lowest BCUT2D eigenvalue weighted by atomic mass is 9.95. The lowest BCUT2D eigenvalue weighted by Gasteiger charge is -2.35. The maximum atomic E-state index is 11.2. The van der Waals surface area contributed by atoms with Crippen LogP contribution in [0.2, 0.25) is 0 Å². The third-order valence-corrected chi connectivity index (χ3v) is 5.90. The Kier molecular flexibility index (Phi) is 5.31. The van der Waals surface area contributed by atoms with E-state index >= 15 is 0 Å². The van der Waals surface area contributed by atoms with E-state index in [0.717, 1.165) is 25.2 Å². The Balaban J connectivity index is 1.86. The third kappa shape index (κ3) is 3.68. The van der Waals surface area contributed by atoms with Gasteiger partial charge >= 0.3 is 5.97 Å². The van der Waals surface area contributed by atoms with Crippen molar-refractivity contribution in [2.24, 2.45) is 5.92 Å². The zero-order valence-electron chi connectivity index (χ0n) is 14.2. The van der Waals surface area contributed by atoms with Gasteiger partial charge in [0.25, 0.3) is 0 Å². The molecule has 1 aliphatic rings. The summed E-state index contributed by atoms with van der Waals surface area (Å²) in [5, 5.41) is 11.4. The molecule has 128 valence electrons. The lowest BCUT2D eigenvalue weighted by Crippen LogP contribution is -2.39. The summed E-state index contributed by atoms with van der Waals surface area (Å²) in [6.07, 6.45) is 4.37. The number of rotatable bonds is 5. The summed E-state index contributed by atoms with van der Waals surface area (Å²) in [5.74, 6) is -0.869. The highest BCUT2D eigenvalue weighted by Crippen LogP contribution is 2.34. The molecule has 0 saturated carbocycles. The Morgan fingerprint density at radius 1 is 1.42 bits per heavy atom. The summed E-state index contributed by atoms with van der Waals surface area (Å²) in [7, 11) is 0. The van der Waals surface area contributed by atoms with Crippen LogP contribution in [0.25, 0.3) is 0 Å². The van der Waals surface area contributed by atoms with Gasteiger partial charge in [0.05, 0.1) is 17.7 Å². The number of carboxylic acid groups (broad SMARTS) is 1. The van der Waals surface area contributed by atoms with Gasteiger partial charge in [-0.15, -0.1) is 11.3 Å². The Morgan fingerprint density at radius 3 is 2.67 bits per heavy atom. The maximum absolute atomic E-state index is 11.2. The van der Waals surface area contributed by atoms with Crippen molar-refractivity contribution in [2.75, 3.05) is 13.1 Å². The number of thiophene rings is 1. The molecular weight excluding hydrogens is 320 g/mol. The van der Waals surface area contributed by atoms with Crippen molar-refractivity contribution in [3.8, 4) is 0 Å². The summed E-state index contributed by atoms with van der Waals surface area (Å²) in [5.41, 5.74) is 3.57. The SMILES string of the molecule is CCc1ccc(C(c2cc(C)cs2)N2CCC(C(=O)O)CC2)nc1.